The summed E-state index contributed by atoms with van der Waals surface area (Å²) in [5.41, 5.74) is 4.55. The van der Waals surface area contributed by atoms with Gasteiger partial charge in [0.05, 0.1) is 20.3 Å². The van der Waals surface area contributed by atoms with Crippen LogP contribution in [0, 0.1) is 0 Å². The standard InChI is InChI=1S/C26H27NO4/c1-29-22-8-9-25-21(15-22)10-11-27(18-28)26(25)14-20-12-23(30-2)16-24(13-20)31-17-19-6-4-3-5-7-19/h3-9,12-13,15-16,18,26H,10-11,14,17H2,1-2H3. The monoisotopic (exact) mass is 417 g/mol. The summed E-state index contributed by atoms with van der Waals surface area (Å²) in [7, 11) is 3.33. The van der Waals surface area contributed by atoms with Gasteiger partial charge in [-0.3, -0.25) is 4.79 Å². The number of hydrogen-bond donors (Lipinski definition) is 0. The molecule has 0 radical (unpaired) electrons. The van der Waals surface area contributed by atoms with Gasteiger partial charge in [-0.25, -0.2) is 0 Å². The van der Waals surface area contributed by atoms with Gasteiger partial charge in [0, 0.05) is 12.6 Å². The largest absolute Gasteiger partial charge is 0.497 e. The number of hydrogen-bond acceptors (Lipinski definition) is 4. The van der Waals surface area contributed by atoms with E-state index < -0.39 is 0 Å². The first-order chi connectivity index (χ1) is 15.2. The Labute approximate surface area is 183 Å². The molecular formula is C26H27NO4. The topological polar surface area (TPSA) is 48.0 Å². The van der Waals surface area contributed by atoms with Crippen molar-refractivity contribution in [1.29, 1.82) is 0 Å². The number of fused-ring (bicyclic) bond motifs is 1. The van der Waals surface area contributed by atoms with Crippen LogP contribution >= 0.6 is 0 Å². The van der Waals surface area contributed by atoms with Gasteiger partial charge in [-0.15, -0.1) is 0 Å². The molecule has 0 spiro atoms. The normalized spacial score (nSPS) is 15.2. The maximum atomic E-state index is 11.8. The van der Waals surface area contributed by atoms with E-state index in [4.69, 9.17) is 14.2 Å². The summed E-state index contributed by atoms with van der Waals surface area (Å²) in [6.45, 7) is 1.18. The zero-order valence-corrected chi connectivity index (χ0v) is 17.9. The molecule has 0 aromatic heterocycles. The number of methoxy groups -OCH3 is 2. The highest BCUT2D eigenvalue weighted by Crippen LogP contribution is 2.35. The van der Waals surface area contributed by atoms with Crippen LogP contribution < -0.4 is 14.2 Å². The molecule has 0 bridgehead atoms. The molecule has 0 saturated heterocycles. The number of carbonyl (C=O) groups is 1. The molecule has 3 aromatic carbocycles. The van der Waals surface area contributed by atoms with Gasteiger partial charge >= 0.3 is 0 Å². The van der Waals surface area contributed by atoms with Crippen LogP contribution in [0.3, 0.4) is 0 Å². The number of ether oxygens (including phenoxy) is 3. The van der Waals surface area contributed by atoms with Crippen LogP contribution in [0.25, 0.3) is 0 Å². The Morgan fingerprint density at radius 1 is 0.903 bits per heavy atom. The minimum Gasteiger partial charge on any atom is -0.497 e. The van der Waals surface area contributed by atoms with E-state index >= 15 is 0 Å². The van der Waals surface area contributed by atoms with Gasteiger partial charge in [0.2, 0.25) is 6.41 Å². The minimum atomic E-state index is -0.0405. The lowest BCUT2D eigenvalue weighted by atomic mass is 9.89. The van der Waals surface area contributed by atoms with E-state index in [9.17, 15) is 4.79 Å². The molecule has 160 valence electrons. The van der Waals surface area contributed by atoms with Crippen molar-refractivity contribution < 1.29 is 19.0 Å². The summed E-state index contributed by atoms with van der Waals surface area (Å²) in [6.07, 6.45) is 2.45. The van der Waals surface area contributed by atoms with Crippen molar-refractivity contribution >= 4 is 6.41 Å². The Morgan fingerprint density at radius 2 is 1.68 bits per heavy atom. The first kappa shape index (κ1) is 20.8. The molecule has 0 saturated carbocycles. The SMILES string of the molecule is COc1cc(CC2c3ccc(OC)cc3CCN2C=O)cc(OCc2ccccc2)c1. The van der Waals surface area contributed by atoms with Crippen molar-refractivity contribution in [2.45, 2.75) is 25.5 Å². The second-order valence-corrected chi connectivity index (χ2v) is 7.67. The molecule has 0 aliphatic carbocycles. The second kappa shape index (κ2) is 9.56. The maximum Gasteiger partial charge on any atom is 0.210 e. The van der Waals surface area contributed by atoms with E-state index in [0.29, 0.717) is 19.6 Å². The Balaban J connectivity index is 1.59. The van der Waals surface area contributed by atoms with Gasteiger partial charge in [0.15, 0.2) is 0 Å². The fourth-order valence-electron chi connectivity index (χ4n) is 4.10. The molecule has 31 heavy (non-hydrogen) atoms. The molecule has 1 amide bonds. The zero-order chi connectivity index (χ0) is 21.6. The van der Waals surface area contributed by atoms with Gasteiger partial charge in [-0.2, -0.15) is 0 Å². The lowest BCUT2D eigenvalue weighted by Crippen LogP contribution is -2.35. The van der Waals surface area contributed by atoms with E-state index in [1.807, 2.05) is 59.5 Å². The van der Waals surface area contributed by atoms with E-state index in [1.165, 1.54) is 5.56 Å². The lowest BCUT2D eigenvalue weighted by Gasteiger charge is -2.35. The van der Waals surface area contributed by atoms with Crippen LogP contribution in [-0.4, -0.2) is 32.1 Å². The summed E-state index contributed by atoms with van der Waals surface area (Å²) < 4.78 is 16.9. The van der Waals surface area contributed by atoms with Crippen LogP contribution in [0.4, 0.5) is 0 Å². The summed E-state index contributed by atoms with van der Waals surface area (Å²) in [5.74, 6) is 2.33. The Bertz CT molecular complexity index is 1030. The van der Waals surface area contributed by atoms with Crippen molar-refractivity contribution in [2.75, 3.05) is 20.8 Å². The first-order valence-corrected chi connectivity index (χ1v) is 10.4. The molecule has 1 unspecified atom stereocenters. The molecule has 0 fully saturated rings. The molecule has 5 nitrogen and oxygen atoms in total. The van der Waals surface area contributed by atoms with Crippen LogP contribution in [0.5, 0.6) is 17.2 Å². The highest BCUT2D eigenvalue weighted by Gasteiger charge is 2.27. The Hall–Kier alpha value is -3.47. The number of rotatable bonds is 8. The van der Waals surface area contributed by atoms with Gasteiger partial charge in [-0.1, -0.05) is 36.4 Å². The van der Waals surface area contributed by atoms with Gasteiger partial charge in [0.1, 0.15) is 23.9 Å². The van der Waals surface area contributed by atoms with Crippen LogP contribution in [0.2, 0.25) is 0 Å². The van der Waals surface area contributed by atoms with Crippen LogP contribution in [0.15, 0.2) is 66.7 Å². The Morgan fingerprint density at radius 3 is 2.42 bits per heavy atom. The molecule has 3 aromatic rings. The smallest absolute Gasteiger partial charge is 0.210 e. The number of benzene rings is 3. The maximum absolute atomic E-state index is 11.8. The van der Waals surface area contributed by atoms with Gasteiger partial charge in [0.25, 0.3) is 0 Å². The molecular weight excluding hydrogens is 390 g/mol. The fourth-order valence-corrected chi connectivity index (χ4v) is 4.10. The molecule has 5 heteroatoms. The Kier molecular flexibility index (Phi) is 6.41. The third-order valence-electron chi connectivity index (χ3n) is 5.74. The molecule has 0 N–H and O–H groups in total. The van der Waals surface area contributed by atoms with Crippen LogP contribution in [0.1, 0.15) is 28.3 Å². The summed E-state index contributed by atoms with van der Waals surface area (Å²) in [5, 5.41) is 0. The molecule has 1 aliphatic rings. The highest BCUT2D eigenvalue weighted by atomic mass is 16.5. The predicted molar refractivity (Wildman–Crippen MR) is 120 cm³/mol. The average molecular weight is 418 g/mol. The molecule has 4 rings (SSSR count). The highest BCUT2D eigenvalue weighted by molar-refractivity contribution is 5.53. The summed E-state index contributed by atoms with van der Waals surface area (Å²) in [6, 6.07) is 22.1. The fraction of sp³-hybridized carbons (Fsp3) is 0.269. The minimum absolute atomic E-state index is 0.0405. The second-order valence-electron chi connectivity index (χ2n) is 7.67. The number of nitrogens with zero attached hydrogens (tertiary/aromatic N) is 1. The average Bonchev–Trinajstić information content (AvgIpc) is 2.83. The molecule has 1 aliphatic heterocycles. The number of amides is 1. The number of carbonyl (C=O) groups excluding carboxylic acids is 1. The lowest BCUT2D eigenvalue weighted by molar-refractivity contribution is -0.120. The van der Waals surface area contributed by atoms with E-state index in [-0.39, 0.29) is 6.04 Å². The van der Waals surface area contributed by atoms with E-state index in [0.717, 1.165) is 46.8 Å². The van der Waals surface area contributed by atoms with Gasteiger partial charge < -0.3 is 19.1 Å². The van der Waals surface area contributed by atoms with Crippen molar-refractivity contribution in [3.63, 3.8) is 0 Å². The first-order valence-electron chi connectivity index (χ1n) is 10.4. The summed E-state index contributed by atoms with van der Waals surface area (Å²) in [4.78, 5) is 13.7. The van der Waals surface area contributed by atoms with Gasteiger partial charge in [-0.05, 0) is 59.4 Å². The molecule has 1 heterocycles. The van der Waals surface area contributed by atoms with Crippen molar-refractivity contribution in [3.8, 4) is 17.2 Å². The third kappa shape index (κ3) is 4.82. The molecule has 1 atom stereocenters. The van der Waals surface area contributed by atoms with Crippen molar-refractivity contribution in [3.05, 3.63) is 89.0 Å². The van der Waals surface area contributed by atoms with Crippen molar-refractivity contribution in [1.82, 2.24) is 4.90 Å². The quantitative estimate of drug-likeness (QED) is 0.504. The third-order valence-corrected chi connectivity index (χ3v) is 5.74. The van der Waals surface area contributed by atoms with Crippen LogP contribution in [-0.2, 0) is 24.2 Å². The van der Waals surface area contributed by atoms with E-state index in [2.05, 4.69) is 12.1 Å². The van der Waals surface area contributed by atoms with E-state index in [1.54, 1.807) is 14.2 Å². The summed E-state index contributed by atoms with van der Waals surface area (Å²) >= 11 is 0. The predicted octanol–water partition coefficient (Wildman–Crippen LogP) is 4.58. The zero-order valence-electron chi connectivity index (χ0n) is 17.9. The van der Waals surface area contributed by atoms with Crippen molar-refractivity contribution in [2.24, 2.45) is 0 Å².